The van der Waals surface area contributed by atoms with E-state index in [1.54, 1.807) is 11.8 Å². The molecule has 0 aliphatic heterocycles. The normalized spacial score (nSPS) is 11.5. The molecule has 1 N–H and O–H groups in total. The lowest BCUT2D eigenvalue weighted by Crippen LogP contribution is -2.14. The zero-order valence-electron chi connectivity index (χ0n) is 11.9. The molecule has 0 bridgehead atoms. The van der Waals surface area contributed by atoms with Crippen LogP contribution in [0.25, 0.3) is 0 Å². The van der Waals surface area contributed by atoms with Crippen molar-refractivity contribution in [1.29, 1.82) is 0 Å². The van der Waals surface area contributed by atoms with Crippen molar-refractivity contribution in [3.05, 3.63) is 35.4 Å². The second-order valence-electron chi connectivity index (χ2n) is 4.57. The van der Waals surface area contributed by atoms with Gasteiger partial charge < -0.3 is 0 Å². The third kappa shape index (κ3) is 5.29. The molecule has 0 atom stereocenters. The Morgan fingerprint density at radius 2 is 1.95 bits per heavy atom. The van der Waals surface area contributed by atoms with E-state index in [4.69, 9.17) is 0 Å². The summed E-state index contributed by atoms with van der Waals surface area (Å²) in [5.74, 6) is 0.884. The van der Waals surface area contributed by atoms with Crippen molar-refractivity contribution < 1.29 is 8.42 Å². The van der Waals surface area contributed by atoms with Crippen molar-refractivity contribution in [2.75, 3.05) is 10.5 Å². The predicted octanol–water partition coefficient (Wildman–Crippen LogP) is 3.29. The van der Waals surface area contributed by atoms with E-state index in [2.05, 4.69) is 21.8 Å². The monoisotopic (exact) mass is 343 g/mol. The van der Waals surface area contributed by atoms with Gasteiger partial charge in [0.25, 0.3) is 0 Å². The zero-order valence-corrected chi connectivity index (χ0v) is 14.3. The molecule has 114 valence electrons. The highest BCUT2D eigenvalue weighted by atomic mass is 32.2. The maximum absolute atomic E-state index is 12.1. The molecule has 0 spiro atoms. The first-order valence-electron chi connectivity index (χ1n) is 6.51. The molecular weight excluding hydrogens is 326 g/mol. The van der Waals surface area contributed by atoms with E-state index in [-0.39, 0.29) is 5.75 Å². The Morgan fingerprint density at radius 1 is 1.24 bits per heavy atom. The van der Waals surface area contributed by atoms with Gasteiger partial charge in [-0.1, -0.05) is 59.9 Å². The summed E-state index contributed by atoms with van der Waals surface area (Å²) in [6, 6.07) is 7.43. The standard InChI is InChI=1S/C13H17N3O2S3/c1-3-8-19-13-15-14-12(20-13)16-21(17,18)9-11-6-4-10(2)5-7-11/h4-7H,3,8-9H2,1-2H3,(H,14,16). The van der Waals surface area contributed by atoms with E-state index < -0.39 is 10.0 Å². The van der Waals surface area contributed by atoms with Gasteiger partial charge in [0.2, 0.25) is 15.2 Å². The van der Waals surface area contributed by atoms with E-state index in [9.17, 15) is 8.42 Å². The summed E-state index contributed by atoms with van der Waals surface area (Å²) in [4.78, 5) is 0. The summed E-state index contributed by atoms with van der Waals surface area (Å²) >= 11 is 2.85. The van der Waals surface area contributed by atoms with E-state index in [0.717, 1.165) is 27.6 Å². The van der Waals surface area contributed by atoms with Gasteiger partial charge in [0, 0.05) is 5.75 Å². The third-order valence-electron chi connectivity index (χ3n) is 2.56. The Labute approximate surface area is 133 Å². The second-order valence-corrected chi connectivity index (χ2v) is 8.61. The first-order valence-corrected chi connectivity index (χ1v) is 9.96. The SMILES string of the molecule is CCCSc1nnc(NS(=O)(=O)Cc2ccc(C)cc2)s1. The molecule has 1 heterocycles. The van der Waals surface area contributed by atoms with Crippen LogP contribution in [0.15, 0.2) is 28.6 Å². The molecule has 0 saturated heterocycles. The van der Waals surface area contributed by atoms with Gasteiger partial charge in [-0.3, -0.25) is 4.72 Å². The Balaban J connectivity index is 2.00. The highest BCUT2D eigenvalue weighted by molar-refractivity contribution is 8.01. The average Bonchev–Trinajstić information content (AvgIpc) is 2.85. The minimum Gasteiger partial charge on any atom is -0.257 e. The van der Waals surface area contributed by atoms with E-state index in [1.807, 2.05) is 31.2 Å². The van der Waals surface area contributed by atoms with Crippen molar-refractivity contribution in [2.24, 2.45) is 0 Å². The van der Waals surface area contributed by atoms with Gasteiger partial charge in [-0.05, 0) is 18.9 Å². The van der Waals surface area contributed by atoms with Crippen LogP contribution in [-0.4, -0.2) is 24.4 Å². The van der Waals surface area contributed by atoms with Gasteiger partial charge in [-0.2, -0.15) is 0 Å². The quantitative estimate of drug-likeness (QED) is 0.781. The van der Waals surface area contributed by atoms with Crippen LogP contribution >= 0.6 is 23.1 Å². The number of aromatic nitrogens is 2. The molecular formula is C13H17N3O2S3. The Kier molecular flexibility index (Phi) is 5.60. The molecule has 2 aromatic rings. The van der Waals surface area contributed by atoms with Crippen LogP contribution in [0.2, 0.25) is 0 Å². The predicted molar refractivity (Wildman–Crippen MR) is 88.3 cm³/mol. The van der Waals surface area contributed by atoms with Crippen LogP contribution in [0, 0.1) is 6.92 Å². The number of nitrogens with zero attached hydrogens (tertiary/aromatic N) is 2. The molecule has 21 heavy (non-hydrogen) atoms. The maximum Gasteiger partial charge on any atom is 0.238 e. The number of hydrogen-bond acceptors (Lipinski definition) is 6. The van der Waals surface area contributed by atoms with Gasteiger partial charge in [0.05, 0.1) is 5.75 Å². The second kappa shape index (κ2) is 7.24. The Bertz CT molecular complexity index is 681. The summed E-state index contributed by atoms with van der Waals surface area (Å²) < 4.78 is 27.5. The van der Waals surface area contributed by atoms with Gasteiger partial charge in [0.15, 0.2) is 4.34 Å². The van der Waals surface area contributed by atoms with Crippen LogP contribution in [0.5, 0.6) is 0 Å². The minimum absolute atomic E-state index is 0.0652. The summed E-state index contributed by atoms with van der Waals surface area (Å²) in [6.07, 6.45) is 1.04. The summed E-state index contributed by atoms with van der Waals surface area (Å²) in [5.41, 5.74) is 1.85. The molecule has 5 nitrogen and oxygen atoms in total. The molecule has 0 aliphatic carbocycles. The van der Waals surface area contributed by atoms with Crippen molar-refractivity contribution in [3.63, 3.8) is 0 Å². The fourth-order valence-corrected chi connectivity index (χ4v) is 4.66. The number of benzene rings is 1. The molecule has 0 amide bonds. The van der Waals surface area contributed by atoms with Crippen molar-refractivity contribution in [1.82, 2.24) is 10.2 Å². The summed E-state index contributed by atoms with van der Waals surface area (Å²) in [6.45, 7) is 4.05. The lowest BCUT2D eigenvalue weighted by molar-refractivity contribution is 0.600. The number of sulfonamides is 1. The smallest absolute Gasteiger partial charge is 0.238 e. The first kappa shape index (κ1) is 16.3. The summed E-state index contributed by atoms with van der Waals surface area (Å²) in [5, 5.41) is 8.15. The zero-order chi connectivity index (χ0) is 15.3. The summed E-state index contributed by atoms with van der Waals surface area (Å²) in [7, 11) is -3.46. The first-order chi connectivity index (χ1) is 9.98. The molecule has 0 unspecified atom stereocenters. The van der Waals surface area contributed by atoms with Crippen LogP contribution in [-0.2, 0) is 15.8 Å². The van der Waals surface area contributed by atoms with E-state index in [0.29, 0.717) is 5.13 Å². The third-order valence-corrected chi connectivity index (χ3v) is 6.08. The highest BCUT2D eigenvalue weighted by Gasteiger charge is 2.15. The molecule has 8 heteroatoms. The number of nitrogens with one attached hydrogen (secondary N) is 1. The number of anilines is 1. The van der Waals surface area contributed by atoms with Gasteiger partial charge in [-0.15, -0.1) is 10.2 Å². The molecule has 1 aromatic carbocycles. The van der Waals surface area contributed by atoms with Crippen molar-refractivity contribution in [3.8, 4) is 0 Å². The van der Waals surface area contributed by atoms with Crippen molar-refractivity contribution in [2.45, 2.75) is 30.4 Å². The fraction of sp³-hybridized carbons (Fsp3) is 0.385. The average molecular weight is 343 g/mol. The highest BCUT2D eigenvalue weighted by Crippen LogP contribution is 2.26. The lowest BCUT2D eigenvalue weighted by atomic mass is 10.2. The molecule has 0 aliphatic rings. The van der Waals surface area contributed by atoms with E-state index in [1.165, 1.54) is 11.3 Å². The van der Waals surface area contributed by atoms with Gasteiger partial charge in [-0.25, -0.2) is 8.42 Å². The van der Waals surface area contributed by atoms with Crippen LogP contribution in [0.4, 0.5) is 5.13 Å². The number of thioether (sulfide) groups is 1. The number of rotatable bonds is 7. The minimum atomic E-state index is -3.46. The van der Waals surface area contributed by atoms with Crippen LogP contribution in [0.1, 0.15) is 24.5 Å². The maximum atomic E-state index is 12.1. The molecule has 1 aromatic heterocycles. The Hall–Kier alpha value is -1.12. The topological polar surface area (TPSA) is 72.0 Å². The number of aryl methyl sites for hydroxylation is 1. The van der Waals surface area contributed by atoms with Gasteiger partial charge in [0.1, 0.15) is 0 Å². The number of hydrogen-bond donors (Lipinski definition) is 1. The Morgan fingerprint density at radius 3 is 2.62 bits per heavy atom. The van der Waals surface area contributed by atoms with Crippen molar-refractivity contribution >= 4 is 38.3 Å². The largest absolute Gasteiger partial charge is 0.257 e. The fourth-order valence-electron chi connectivity index (χ4n) is 1.57. The molecule has 0 fully saturated rings. The van der Waals surface area contributed by atoms with Crippen LogP contribution < -0.4 is 4.72 Å². The molecule has 0 radical (unpaired) electrons. The van der Waals surface area contributed by atoms with Crippen LogP contribution in [0.3, 0.4) is 0 Å². The molecule has 2 rings (SSSR count). The lowest BCUT2D eigenvalue weighted by Gasteiger charge is -2.05. The molecule has 0 saturated carbocycles. The van der Waals surface area contributed by atoms with E-state index >= 15 is 0 Å². The van der Waals surface area contributed by atoms with Gasteiger partial charge >= 0.3 is 0 Å².